The molecule has 2 N–H and O–H groups in total. The molecular weight excluding hydrogens is 128 g/mol. The van der Waals surface area contributed by atoms with E-state index in [0.29, 0.717) is 24.6 Å². The molecule has 2 atom stereocenters. The Balaban J connectivity index is 2.44. The Morgan fingerprint density at radius 2 is 2.60 bits per heavy atom. The Morgan fingerprint density at radius 3 is 3.00 bits per heavy atom. The molecule has 0 spiro atoms. The predicted octanol–water partition coefficient (Wildman–Crippen LogP) is 0.746. The second-order valence-corrected chi connectivity index (χ2v) is 2.73. The summed E-state index contributed by atoms with van der Waals surface area (Å²) in [5, 5.41) is 0. The molecule has 0 unspecified atom stereocenters. The van der Waals surface area contributed by atoms with Gasteiger partial charge in [-0.15, -0.1) is 0 Å². The minimum Gasteiger partial charge on any atom is -0.463 e. The van der Waals surface area contributed by atoms with Crippen LogP contribution in [0.25, 0.3) is 0 Å². The fourth-order valence-electron chi connectivity index (χ4n) is 0.972. The van der Waals surface area contributed by atoms with E-state index in [1.165, 1.54) is 0 Å². The van der Waals surface area contributed by atoms with Crippen LogP contribution in [0.15, 0.2) is 4.99 Å². The van der Waals surface area contributed by atoms with Gasteiger partial charge in [-0.25, -0.2) is 4.99 Å². The van der Waals surface area contributed by atoms with Crippen LogP contribution in [0.1, 0.15) is 20.3 Å². The minimum absolute atomic E-state index is 0.296. The highest BCUT2D eigenvalue weighted by Crippen LogP contribution is 2.15. The van der Waals surface area contributed by atoms with Crippen molar-refractivity contribution >= 4 is 6.02 Å². The topological polar surface area (TPSA) is 47.6 Å². The fraction of sp³-hybridized carbons (Fsp3) is 0.857. The molecule has 0 aromatic carbocycles. The van der Waals surface area contributed by atoms with Gasteiger partial charge in [0.25, 0.3) is 6.02 Å². The smallest absolute Gasteiger partial charge is 0.282 e. The molecule has 1 rings (SSSR count). The van der Waals surface area contributed by atoms with Crippen molar-refractivity contribution in [1.82, 2.24) is 0 Å². The summed E-state index contributed by atoms with van der Waals surface area (Å²) in [6.07, 6.45) is 1.13. The van der Waals surface area contributed by atoms with Gasteiger partial charge in [0.15, 0.2) is 0 Å². The van der Waals surface area contributed by atoms with Crippen LogP contribution in [0.2, 0.25) is 0 Å². The van der Waals surface area contributed by atoms with Crippen LogP contribution in [0.3, 0.4) is 0 Å². The molecule has 0 bridgehead atoms. The van der Waals surface area contributed by atoms with Crippen LogP contribution in [-0.4, -0.2) is 18.7 Å². The molecule has 1 aliphatic heterocycles. The molecule has 1 heterocycles. The van der Waals surface area contributed by atoms with Crippen molar-refractivity contribution in [3.63, 3.8) is 0 Å². The first-order valence-electron chi connectivity index (χ1n) is 3.70. The number of nitrogens with zero attached hydrogens (tertiary/aromatic N) is 1. The van der Waals surface area contributed by atoms with Gasteiger partial charge in [-0.05, 0) is 5.92 Å². The van der Waals surface area contributed by atoms with Crippen molar-refractivity contribution < 1.29 is 4.74 Å². The third-order valence-corrected chi connectivity index (χ3v) is 2.00. The Hall–Kier alpha value is -0.730. The minimum atomic E-state index is 0.296. The molecule has 0 aromatic rings. The molecule has 0 radical (unpaired) electrons. The van der Waals surface area contributed by atoms with Crippen LogP contribution < -0.4 is 5.73 Å². The van der Waals surface area contributed by atoms with Crippen molar-refractivity contribution in [2.45, 2.75) is 26.3 Å². The summed E-state index contributed by atoms with van der Waals surface area (Å²) in [6, 6.07) is 0.648. The maximum Gasteiger partial charge on any atom is 0.282 e. The molecule has 3 heteroatoms. The quantitative estimate of drug-likeness (QED) is 0.618. The summed E-state index contributed by atoms with van der Waals surface area (Å²) in [4.78, 5) is 4.13. The highest BCUT2D eigenvalue weighted by molar-refractivity contribution is 5.73. The van der Waals surface area contributed by atoms with Gasteiger partial charge in [0.2, 0.25) is 0 Å². The molecule has 0 aliphatic carbocycles. The summed E-state index contributed by atoms with van der Waals surface area (Å²) in [5.74, 6) is 0.584. The van der Waals surface area contributed by atoms with Crippen molar-refractivity contribution in [3.05, 3.63) is 0 Å². The van der Waals surface area contributed by atoms with E-state index in [0.717, 1.165) is 6.42 Å². The standard InChI is InChI=1S/C7H14N2O/c1-3-5(2)6-4-10-7(8)9-6/h5-6H,3-4H2,1-2H3,(H2,8,9)/t5-,6-/m0/s1. The van der Waals surface area contributed by atoms with Gasteiger partial charge in [0, 0.05) is 0 Å². The van der Waals surface area contributed by atoms with Crippen molar-refractivity contribution in [1.29, 1.82) is 0 Å². The second kappa shape index (κ2) is 2.90. The third kappa shape index (κ3) is 1.40. The highest BCUT2D eigenvalue weighted by Gasteiger charge is 2.21. The predicted molar refractivity (Wildman–Crippen MR) is 40.8 cm³/mol. The van der Waals surface area contributed by atoms with Crippen molar-refractivity contribution in [2.75, 3.05) is 6.61 Å². The lowest BCUT2D eigenvalue weighted by molar-refractivity contribution is 0.279. The largest absolute Gasteiger partial charge is 0.463 e. The summed E-state index contributed by atoms with van der Waals surface area (Å²) in [6.45, 7) is 4.98. The summed E-state index contributed by atoms with van der Waals surface area (Å²) in [7, 11) is 0. The number of hydrogen-bond acceptors (Lipinski definition) is 3. The van der Waals surface area contributed by atoms with Crippen molar-refractivity contribution in [3.8, 4) is 0 Å². The Kier molecular flexibility index (Phi) is 2.14. The van der Waals surface area contributed by atoms with Gasteiger partial charge in [-0.1, -0.05) is 20.3 Å². The lowest BCUT2D eigenvalue weighted by Crippen LogP contribution is -2.16. The summed E-state index contributed by atoms with van der Waals surface area (Å²) < 4.78 is 5.02. The zero-order chi connectivity index (χ0) is 7.56. The number of rotatable bonds is 2. The maximum absolute atomic E-state index is 5.35. The monoisotopic (exact) mass is 142 g/mol. The fourth-order valence-corrected chi connectivity index (χ4v) is 0.972. The normalized spacial score (nSPS) is 27.4. The van der Waals surface area contributed by atoms with E-state index in [1.807, 2.05) is 0 Å². The lowest BCUT2D eigenvalue weighted by Gasteiger charge is -2.10. The lowest BCUT2D eigenvalue weighted by atomic mass is 10.0. The van der Waals surface area contributed by atoms with Crippen LogP contribution >= 0.6 is 0 Å². The highest BCUT2D eigenvalue weighted by atomic mass is 16.5. The molecule has 0 saturated carbocycles. The molecule has 10 heavy (non-hydrogen) atoms. The van der Waals surface area contributed by atoms with Gasteiger partial charge >= 0.3 is 0 Å². The summed E-state index contributed by atoms with van der Waals surface area (Å²) in [5.41, 5.74) is 5.35. The number of hydrogen-bond donors (Lipinski definition) is 1. The molecule has 0 fully saturated rings. The van der Waals surface area contributed by atoms with Gasteiger partial charge in [0.05, 0.1) is 6.04 Å². The Morgan fingerprint density at radius 1 is 1.90 bits per heavy atom. The molecule has 3 nitrogen and oxygen atoms in total. The van der Waals surface area contributed by atoms with E-state index in [1.54, 1.807) is 0 Å². The maximum atomic E-state index is 5.35. The van der Waals surface area contributed by atoms with E-state index in [2.05, 4.69) is 18.8 Å². The molecule has 58 valence electrons. The van der Waals surface area contributed by atoms with Crippen LogP contribution in [0, 0.1) is 5.92 Å². The number of aliphatic imine (C=N–C) groups is 1. The first kappa shape index (κ1) is 7.38. The third-order valence-electron chi connectivity index (χ3n) is 2.00. The molecule has 0 aromatic heterocycles. The first-order chi connectivity index (χ1) is 4.74. The van der Waals surface area contributed by atoms with Gasteiger partial charge < -0.3 is 10.5 Å². The second-order valence-electron chi connectivity index (χ2n) is 2.73. The van der Waals surface area contributed by atoms with Crippen LogP contribution in [0.5, 0.6) is 0 Å². The number of ether oxygens (including phenoxy) is 1. The number of nitrogens with two attached hydrogens (primary N) is 1. The van der Waals surface area contributed by atoms with E-state index in [-0.39, 0.29) is 0 Å². The average Bonchev–Trinajstić information content (AvgIpc) is 2.34. The molecule has 1 aliphatic rings. The van der Waals surface area contributed by atoms with Gasteiger partial charge in [-0.2, -0.15) is 0 Å². The summed E-state index contributed by atoms with van der Waals surface area (Å²) >= 11 is 0. The molecular formula is C7H14N2O. The van der Waals surface area contributed by atoms with Gasteiger partial charge in [0.1, 0.15) is 6.61 Å². The van der Waals surface area contributed by atoms with E-state index < -0.39 is 0 Å². The zero-order valence-electron chi connectivity index (χ0n) is 6.50. The van der Waals surface area contributed by atoms with Crippen LogP contribution in [0.4, 0.5) is 0 Å². The Labute approximate surface area is 61.3 Å². The SMILES string of the molecule is CC[C@H](C)[C@@H]1COC(N)=N1. The molecule has 0 saturated heterocycles. The van der Waals surface area contributed by atoms with Crippen molar-refractivity contribution in [2.24, 2.45) is 16.6 Å². The Bertz CT molecular complexity index is 145. The van der Waals surface area contributed by atoms with E-state index in [4.69, 9.17) is 10.5 Å². The zero-order valence-corrected chi connectivity index (χ0v) is 6.50. The first-order valence-corrected chi connectivity index (χ1v) is 3.70. The molecule has 0 amide bonds. The van der Waals surface area contributed by atoms with Gasteiger partial charge in [-0.3, -0.25) is 0 Å². The van der Waals surface area contributed by atoms with Crippen LogP contribution in [-0.2, 0) is 4.74 Å². The van der Waals surface area contributed by atoms with E-state index >= 15 is 0 Å². The average molecular weight is 142 g/mol. The number of amidine groups is 1. The van der Waals surface area contributed by atoms with E-state index in [9.17, 15) is 0 Å².